The van der Waals surface area contributed by atoms with Gasteiger partial charge in [-0.1, -0.05) is 29.8 Å². The van der Waals surface area contributed by atoms with E-state index in [1.165, 1.54) is 0 Å². The van der Waals surface area contributed by atoms with Gasteiger partial charge in [0.2, 0.25) is 5.91 Å². The van der Waals surface area contributed by atoms with Crippen molar-refractivity contribution in [1.82, 2.24) is 0 Å². The van der Waals surface area contributed by atoms with Gasteiger partial charge < -0.3 is 10.6 Å². The second-order valence-electron chi connectivity index (χ2n) is 6.00. The molecule has 2 rings (SSSR count). The Morgan fingerprint density at radius 1 is 0.960 bits per heavy atom. The highest BCUT2D eigenvalue weighted by molar-refractivity contribution is 9.10. The molecule has 0 saturated carbocycles. The van der Waals surface area contributed by atoms with Crippen LogP contribution in [-0.4, -0.2) is 11.8 Å². The van der Waals surface area contributed by atoms with Gasteiger partial charge in [-0.05, 0) is 67.8 Å². The maximum absolute atomic E-state index is 12.3. The fraction of sp³-hybridized carbons (Fsp3) is 0.300. The van der Waals surface area contributed by atoms with Crippen LogP contribution in [-0.2, 0) is 4.79 Å². The molecule has 0 fully saturated rings. The van der Waals surface area contributed by atoms with Crippen molar-refractivity contribution < 1.29 is 9.59 Å². The molecule has 2 N–H and O–H groups in total. The molecular weight excluding hydrogens is 380 g/mol. The van der Waals surface area contributed by atoms with E-state index in [0.717, 1.165) is 28.6 Å². The molecule has 4 nitrogen and oxygen atoms in total. The van der Waals surface area contributed by atoms with E-state index in [9.17, 15) is 9.59 Å². The molecule has 25 heavy (non-hydrogen) atoms. The third kappa shape index (κ3) is 5.16. The van der Waals surface area contributed by atoms with Crippen molar-refractivity contribution in [2.45, 2.75) is 33.6 Å². The molecule has 0 atom stereocenters. The Kier molecular flexibility index (Phi) is 6.76. The lowest BCUT2D eigenvalue weighted by Gasteiger charge is -2.13. The maximum atomic E-state index is 12.3. The molecule has 2 aromatic rings. The van der Waals surface area contributed by atoms with Crippen molar-refractivity contribution in [3.8, 4) is 0 Å². The molecule has 0 aliphatic carbocycles. The van der Waals surface area contributed by atoms with E-state index >= 15 is 0 Å². The van der Waals surface area contributed by atoms with Crippen LogP contribution in [0, 0.1) is 12.8 Å². The summed E-state index contributed by atoms with van der Waals surface area (Å²) in [4.78, 5) is 24.4. The predicted molar refractivity (Wildman–Crippen MR) is 106 cm³/mol. The standard InChI is InChI=1S/C20H23BrN2O2/c1-4-14(5-2)19(24)22-16-8-6-15(7-9-16)20(25)23-17-10-11-18(21)13(3)12-17/h6-12,14H,4-5H2,1-3H3,(H,22,24)(H,23,25). The fourth-order valence-corrected chi connectivity index (χ4v) is 2.78. The monoisotopic (exact) mass is 402 g/mol. The summed E-state index contributed by atoms with van der Waals surface area (Å²) >= 11 is 3.44. The summed E-state index contributed by atoms with van der Waals surface area (Å²) in [6, 6.07) is 12.6. The molecule has 5 heteroatoms. The van der Waals surface area contributed by atoms with Gasteiger partial charge in [-0.25, -0.2) is 0 Å². The summed E-state index contributed by atoms with van der Waals surface area (Å²) in [6.45, 7) is 5.98. The molecule has 0 aliphatic rings. The Morgan fingerprint density at radius 3 is 2.12 bits per heavy atom. The van der Waals surface area contributed by atoms with Crippen LogP contribution in [0.5, 0.6) is 0 Å². The molecular formula is C20H23BrN2O2. The first kappa shape index (κ1) is 19.2. The average Bonchev–Trinajstić information content (AvgIpc) is 2.60. The summed E-state index contributed by atoms with van der Waals surface area (Å²) < 4.78 is 1.00. The number of hydrogen-bond acceptors (Lipinski definition) is 2. The van der Waals surface area contributed by atoms with E-state index in [2.05, 4.69) is 26.6 Å². The van der Waals surface area contributed by atoms with Crippen LogP contribution in [0.3, 0.4) is 0 Å². The van der Waals surface area contributed by atoms with Gasteiger partial charge in [0.05, 0.1) is 0 Å². The summed E-state index contributed by atoms with van der Waals surface area (Å²) in [5.74, 6) is -0.143. The van der Waals surface area contributed by atoms with Crippen molar-refractivity contribution in [1.29, 1.82) is 0 Å². The largest absolute Gasteiger partial charge is 0.326 e. The van der Waals surface area contributed by atoms with Gasteiger partial charge in [-0.15, -0.1) is 0 Å². The Bertz CT molecular complexity index is 753. The highest BCUT2D eigenvalue weighted by Crippen LogP contribution is 2.21. The Hall–Kier alpha value is -2.14. The Morgan fingerprint density at radius 2 is 1.56 bits per heavy atom. The van der Waals surface area contributed by atoms with Gasteiger partial charge in [0.25, 0.3) is 5.91 Å². The topological polar surface area (TPSA) is 58.2 Å². The van der Waals surface area contributed by atoms with Crippen molar-refractivity contribution in [2.24, 2.45) is 5.92 Å². The van der Waals surface area contributed by atoms with E-state index < -0.39 is 0 Å². The predicted octanol–water partition coefficient (Wildman–Crippen LogP) is 5.38. The normalized spacial score (nSPS) is 10.6. The van der Waals surface area contributed by atoms with E-state index in [4.69, 9.17) is 0 Å². The first-order chi connectivity index (χ1) is 11.9. The third-order valence-electron chi connectivity index (χ3n) is 4.19. The quantitative estimate of drug-likeness (QED) is 0.680. The highest BCUT2D eigenvalue weighted by atomic mass is 79.9. The first-order valence-corrected chi connectivity index (χ1v) is 9.22. The lowest BCUT2D eigenvalue weighted by molar-refractivity contribution is -0.120. The number of anilines is 2. The highest BCUT2D eigenvalue weighted by Gasteiger charge is 2.14. The lowest BCUT2D eigenvalue weighted by Crippen LogP contribution is -2.21. The second kappa shape index (κ2) is 8.81. The van der Waals surface area contributed by atoms with Crippen LogP contribution in [0.4, 0.5) is 11.4 Å². The molecule has 0 unspecified atom stereocenters. The van der Waals surface area contributed by atoms with E-state index in [1.807, 2.05) is 39.0 Å². The molecule has 0 aromatic heterocycles. The first-order valence-electron chi connectivity index (χ1n) is 8.43. The van der Waals surface area contributed by atoms with Crippen LogP contribution < -0.4 is 10.6 Å². The molecule has 132 valence electrons. The van der Waals surface area contributed by atoms with Crippen molar-refractivity contribution >= 4 is 39.1 Å². The summed E-state index contributed by atoms with van der Waals surface area (Å²) in [6.07, 6.45) is 1.63. The Labute approximate surface area is 157 Å². The fourth-order valence-electron chi connectivity index (χ4n) is 2.53. The molecule has 0 spiro atoms. The minimum absolute atomic E-state index is 0.0172. The molecule has 0 bridgehead atoms. The number of hydrogen-bond donors (Lipinski definition) is 2. The van der Waals surface area contributed by atoms with E-state index in [-0.39, 0.29) is 17.7 Å². The number of aryl methyl sites for hydroxylation is 1. The van der Waals surface area contributed by atoms with Crippen LogP contribution in [0.25, 0.3) is 0 Å². The van der Waals surface area contributed by atoms with Crippen LogP contribution in [0.1, 0.15) is 42.6 Å². The van der Waals surface area contributed by atoms with Gasteiger partial charge in [-0.2, -0.15) is 0 Å². The van der Waals surface area contributed by atoms with Crippen LogP contribution >= 0.6 is 15.9 Å². The molecule has 0 heterocycles. The SMILES string of the molecule is CCC(CC)C(=O)Nc1ccc(C(=O)Nc2ccc(Br)c(C)c2)cc1. The summed E-state index contributed by atoms with van der Waals surface area (Å²) in [5, 5.41) is 5.77. The number of nitrogens with one attached hydrogen (secondary N) is 2. The third-order valence-corrected chi connectivity index (χ3v) is 5.08. The molecule has 0 aliphatic heterocycles. The lowest BCUT2D eigenvalue weighted by atomic mass is 10.0. The zero-order chi connectivity index (χ0) is 18.4. The minimum atomic E-state index is -0.181. The maximum Gasteiger partial charge on any atom is 0.255 e. The average molecular weight is 403 g/mol. The molecule has 2 amide bonds. The van der Waals surface area contributed by atoms with Crippen molar-refractivity contribution in [3.63, 3.8) is 0 Å². The zero-order valence-corrected chi connectivity index (χ0v) is 16.3. The van der Waals surface area contributed by atoms with E-state index in [1.54, 1.807) is 24.3 Å². The van der Waals surface area contributed by atoms with Gasteiger partial charge in [0, 0.05) is 27.3 Å². The second-order valence-corrected chi connectivity index (χ2v) is 6.85. The van der Waals surface area contributed by atoms with Crippen molar-refractivity contribution in [3.05, 3.63) is 58.1 Å². The Balaban J connectivity index is 2.02. The number of carbonyl (C=O) groups excluding carboxylic acids is 2. The summed E-state index contributed by atoms with van der Waals surface area (Å²) in [7, 11) is 0. The number of amides is 2. The van der Waals surface area contributed by atoms with Crippen LogP contribution in [0.2, 0.25) is 0 Å². The zero-order valence-electron chi connectivity index (χ0n) is 14.7. The van der Waals surface area contributed by atoms with E-state index in [0.29, 0.717) is 11.3 Å². The van der Waals surface area contributed by atoms with Crippen LogP contribution in [0.15, 0.2) is 46.9 Å². The molecule has 2 aromatic carbocycles. The van der Waals surface area contributed by atoms with Gasteiger partial charge >= 0.3 is 0 Å². The molecule has 0 radical (unpaired) electrons. The van der Waals surface area contributed by atoms with Gasteiger partial charge in [-0.3, -0.25) is 9.59 Å². The number of rotatable bonds is 6. The number of halogens is 1. The number of benzene rings is 2. The smallest absolute Gasteiger partial charge is 0.255 e. The number of carbonyl (C=O) groups is 2. The molecule has 0 saturated heterocycles. The van der Waals surface area contributed by atoms with Crippen molar-refractivity contribution in [2.75, 3.05) is 10.6 Å². The minimum Gasteiger partial charge on any atom is -0.326 e. The van der Waals surface area contributed by atoms with Gasteiger partial charge in [0.15, 0.2) is 0 Å². The summed E-state index contributed by atoms with van der Waals surface area (Å²) in [5.41, 5.74) is 3.04. The van der Waals surface area contributed by atoms with Gasteiger partial charge in [0.1, 0.15) is 0 Å².